The van der Waals surface area contributed by atoms with E-state index in [1.54, 1.807) is 18.3 Å². The van der Waals surface area contributed by atoms with Crippen molar-refractivity contribution in [1.29, 1.82) is 0 Å². The van der Waals surface area contributed by atoms with E-state index in [0.717, 1.165) is 22.3 Å². The highest BCUT2D eigenvalue weighted by molar-refractivity contribution is 9.10. The summed E-state index contributed by atoms with van der Waals surface area (Å²) in [6.07, 6.45) is 2.64. The van der Waals surface area contributed by atoms with Gasteiger partial charge in [-0.25, -0.2) is 9.37 Å². The van der Waals surface area contributed by atoms with Gasteiger partial charge >= 0.3 is 0 Å². The first kappa shape index (κ1) is 13.0. The summed E-state index contributed by atoms with van der Waals surface area (Å²) in [5.74, 6) is -0.212. The molecule has 1 heterocycles. The highest BCUT2D eigenvalue weighted by Crippen LogP contribution is 2.26. The zero-order valence-electron chi connectivity index (χ0n) is 10.0. The van der Waals surface area contributed by atoms with Gasteiger partial charge in [0.05, 0.1) is 11.7 Å². The van der Waals surface area contributed by atoms with Gasteiger partial charge in [0.15, 0.2) is 0 Å². The third-order valence-corrected chi connectivity index (χ3v) is 3.40. The second-order valence-corrected chi connectivity index (χ2v) is 4.75. The average Bonchev–Trinajstić information content (AvgIpc) is 2.39. The lowest BCUT2D eigenvalue weighted by Gasteiger charge is -2.19. The quantitative estimate of drug-likeness (QED) is 0.838. The Hall–Kier alpha value is -1.42. The molecule has 1 atom stereocenters. The molecular weight excluding hydrogens is 295 g/mol. The first-order chi connectivity index (χ1) is 8.70. The Bertz CT molecular complexity index is 513. The smallest absolute Gasteiger partial charge is 0.129 e. The Morgan fingerprint density at radius 3 is 2.61 bits per heavy atom. The zero-order chi connectivity index (χ0) is 13.0. The SMILES string of the molecule is CCC(Nc1cccnc1Br)c1ccc(F)cc1. The molecule has 4 heteroatoms. The highest BCUT2D eigenvalue weighted by atomic mass is 79.9. The molecule has 1 aromatic heterocycles. The van der Waals surface area contributed by atoms with Crippen LogP contribution in [0.25, 0.3) is 0 Å². The summed E-state index contributed by atoms with van der Waals surface area (Å²) >= 11 is 3.40. The van der Waals surface area contributed by atoms with E-state index in [4.69, 9.17) is 0 Å². The van der Waals surface area contributed by atoms with E-state index >= 15 is 0 Å². The number of pyridine rings is 1. The molecule has 0 fully saturated rings. The Kier molecular flexibility index (Phi) is 4.31. The molecule has 2 rings (SSSR count). The van der Waals surface area contributed by atoms with Gasteiger partial charge in [0.1, 0.15) is 10.4 Å². The topological polar surface area (TPSA) is 24.9 Å². The van der Waals surface area contributed by atoms with Crippen molar-refractivity contribution in [3.8, 4) is 0 Å². The van der Waals surface area contributed by atoms with Crippen LogP contribution in [0, 0.1) is 5.82 Å². The number of hydrogen-bond acceptors (Lipinski definition) is 2. The minimum absolute atomic E-state index is 0.145. The fourth-order valence-corrected chi connectivity index (χ4v) is 2.16. The molecular formula is C14H14BrFN2. The molecule has 1 N–H and O–H groups in total. The summed E-state index contributed by atoms with van der Waals surface area (Å²) in [5.41, 5.74) is 2.00. The lowest BCUT2D eigenvalue weighted by atomic mass is 10.0. The third-order valence-electron chi connectivity index (χ3n) is 2.77. The molecule has 0 radical (unpaired) electrons. The summed E-state index contributed by atoms with van der Waals surface area (Å²) in [7, 11) is 0. The van der Waals surface area contributed by atoms with Gasteiger partial charge in [-0.3, -0.25) is 0 Å². The van der Waals surface area contributed by atoms with Crippen molar-refractivity contribution < 1.29 is 4.39 Å². The molecule has 1 aromatic carbocycles. The number of anilines is 1. The van der Waals surface area contributed by atoms with Crippen LogP contribution in [-0.4, -0.2) is 4.98 Å². The van der Waals surface area contributed by atoms with Crippen molar-refractivity contribution in [1.82, 2.24) is 4.98 Å². The standard InChI is InChI=1S/C14H14BrFN2/c1-2-12(10-5-7-11(16)8-6-10)18-13-4-3-9-17-14(13)15/h3-9,12,18H,2H2,1H3. The molecule has 0 aliphatic carbocycles. The molecule has 0 aliphatic heterocycles. The van der Waals surface area contributed by atoms with Gasteiger partial charge in [-0.15, -0.1) is 0 Å². The minimum atomic E-state index is -0.212. The zero-order valence-corrected chi connectivity index (χ0v) is 11.6. The summed E-state index contributed by atoms with van der Waals surface area (Å²) < 4.78 is 13.7. The van der Waals surface area contributed by atoms with Crippen LogP contribution in [0.4, 0.5) is 10.1 Å². The first-order valence-electron chi connectivity index (χ1n) is 5.83. The fourth-order valence-electron chi connectivity index (χ4n) is 1.80. The summed E-state index contributed by atoms with van der Waals surface area (Å²) in [6.45, 7) is 2.09. The van der Waals surface area contributed by atoms with E-state index in [9.17, 15) is 4.39 Å². The van der Waals surface area contributed by atoms with Gasteiger partial charge in [0.25, 0.3) is 0 Å². The van der Waals surface area contributed by atoms with E-state index in [0.29, 0.717) is 0 Å². The molecule has 18 heavy (non-hydrogen) atoms. The van der Waals surface area contributed by atoms with Gasteiger partial charge in [-0.05, 0) is 52.2 Å². The van der Waals surface area contributed by atoms with E-state index < -0.39 is 0 Å². The largest absolute Gasteiger partial charge is 0.376 e. The van der Waals surface area contributed by atoms with Crippen LogP contribution < -0.4 is 5.32 Å². The maximum absolute atomic E-state index is 12.9. The lowest BCUT2D eigenvalue weighted by Crippen LogP contribution is -2.10. The average molecular weight is 309 g/mol. The second-order valence-electron chi connectivity index (χ2n) is 4.00. The van der Waals surface area contributed by atoms with Gasteiger partial charge in [0, 0.05) is 6.20 Å². The van der Waals surface area contributed by atoms with Crippen molar-refractivity contribution in [3.63, 3.8) is 0 Å². The fraction of sp³-hybridized carbons (Fsp3) is 0.214. The molecule has 2 nitrogen and oxygen atoms in total. The number of halogens is 2. The highest BCUT2D eigenvalue weighted by Gasteiger charge is 2.10. The van der Waals surface area contributed by atoms with Crippen molar-refractivity contribution in [3.05, 3.63) is 58.6 Å². The monoisotopic (exact) mass is 308 g/mol. The van der Waals surface area contributed by atoms with Crippen molar-refractivity contribution in [2.24, 2.45) is 0 Å². The Morgan fingerprint density at radius 1 is 1.28 bits per heavy atom. The predicted octanol–water partition coefficient (Wildman–Crippen LogP) is 4.55. The molecule has 0 bridgehead atoms. The number of hydrogen-bond donors (Lipinski definition) is 1. The number of benzene rings is 1. The summed E-state index contributed by atoms with van der Waals surface area (Å²) in [6, 6.07) is 10.6. The minimum Gasteiger partial charge on any atom is -0.376 e. The molecule has 0 saturated carbocycles. The maximum atomic E-state index is 12.9. The predicted molar refractivity (Wildman–Crippen MR) is 75.0 cm³/mol. The second kappa shape index (κ2) is 5.96. The third kappa shape index (κ3) is 3.07. The Balaban J connectivity index is 2.20. The maximum Gasteiger partial charge on any atom is 0.129 e. The molecule has 94 valence electrons. The van der Waals surface area contributed by atoms with Crippen molar-refractivity contribution in [2.45, 2.75) is 19.4 Å². The van der Waals surface area contributed by atoms with Crippen LogP contribution in [-0.2, 0) is 0 Å². The van der Waals surface area contributed by atoms with E-state index in [1.807, 2.05) is 12.1 Å². The van der Waals surface area contributed by atoms with Gasteiger partial charge in [0.2, 0.25) is 0 Å². The first-order valence-corrected chi connectivity index (χ1v) is 6.62. The van der Waals surface area contributed by atoms with Gasteiger partial charge < -0.3 is 5.32 Å². The number of aromatic nitrogens is 1. The lowest BCUT2D eigenvalue weighted by molar-refractivity contribution is 0.625. The van der Waals surface area contributed by atoms with Crippen LogP contribution in [0.15, 0.2) is 47.2 Å². The van der Waals surface area contributed by atoms with E-state index in [1.165, 1.54) is 12.1 Å². The van der Waals surface area contributed by atoms with Crippen LogP contribution in [0.2, 0.25) is 0 Å². The normalized spacial score (nSPS) is 12.2. The number of nitrogens with one attached hydrogen (secondary N) is 1. The molecule has 0 saturated heterocycles. The van der Waals surface area contributed by atoms with E-state index in [2.05, 4.69) is 33.2 Å². The molecule has 0 spiro atoms. The van der Waals surface area contributed by atoms with Crippen LogP contribution >= 0.6 is 15.9 Å². The van der Waals surface area contributed by atoms with Gasteiger partial charge in [-0.2, -0.15) is 0 Å². The molecule has 2 aromatic rings. The van der Waals surface area contributed by atoms with Crippen molar-refractivity contribution >= 4 is 21.6 Å². The number of rotatable bonds is 4. The molecule has 0 amide bonds. The van der Waals surface area contributed by atoms with Crippen LogP contribution in [0.3, 0.4) is 0 Å². The van der Waals surface area contributed by atoms with E-state index in [-0.39, 0.29) is 11.9 Å². The summed E-state index contributed by atoms with van der Waals surface area (Å²) in [4.78, 5) is 4.17. The van der Waals surface area contributed by atoms with Crippen LogP contribution in [0.5, 0.6) is 0 Å². The van der Waals surface area contributed by atoms with Crippen molar-refractivity contribution in [2.75, 3.05) is 5.32 Å². The Labute approximate surface area is 114 Å². The Morgan fingerprint density at radius 2 is 2.00 bits per heavy atom. The molecule has 1 unspecified atom stereocenters. The summed E-state index contributed by atoms with van der Waals surface area (Å²) in [5, 5.41) is 3.40. The number of nitrogens with zero attached hydrogens (tertiary/aromatic N) is 1. The molecule has 0 aliphatic rings. The van der Waals surface area contributed by atoms with Crippen LogP contribution in [0.1, 0.15) is 24.9 Å². The van der Waals surface area contributed by atoms with Gasteiger partial charge in [-0.1, -0.05) is 19.1 Å².